The van der Waals surface area contributed by atoms with Crippen molar-refractivity contribution in [1.82, 2.24) is 10.2 Å². The second-order valence-corrected chi connectivity index (χ2v) is 6.08. The van der Waals surface area contributed by atoms with E-state index in [4.69, 9.17) is 0 Å². The number of nitrogens with zero attached hydrogens (tertiary/aromatic N) is 1. The predicted octanol–water partition coefficient (Wildman–Crippen LogP) is 3.19. The van der Waals surface area contributed by atoms with Crippen molar-refractivity contribution in [3.8, 4) is 0 Å². The maximum absolute atomic E-state index is 11.8. The monoisotopic (exact) mass is 362 g/mol. The normalized spacial score (nSPS) is 12.9. The van der Waals surface area contributed by atoms with Gasteiger partial charge in [-0.05, 0) is 36.5 Å². The molecule has 0 atom stereocenters. The Morgan fingerprint density at radius 3 is 2.04 bits per heavy atom. The van der Waals surface area contributed by atoms with E-state index in [1.807, 2.05) is 32.9 Å². The van der Waals surface area contributed by atoms with Crippen molar-refractivity contribution < 1.29 is 19.2 Å². The summed E-state index contributed by atoms with van der Waals surface area (Å²) in [6, 6.07) is 5.72. The third-order valence-corrected chi connectivity index (χ3v) is 3.71. The Hall–Kier alpha value is -2.50. The fourth-order valence-electron chi connectivity index (χ4n) is 2.21. The van der Waals surface area contributed by atoms with Crippen molar-refractivity contribution in [2.24, 2.45) is 0 Å². The molecule has 0 spiro atoms. The van der Waals surface area contributed by atoms with Gasteiger partial charge in [-0.25, -0.2) is 0 Å². The van der Waals surface area contributed by atoms with Crippen LogP contribution in [0, 0.1) is 6.92 Å². The van der Waals surface area contributed by atoms with E-state index in [2.05, 4.69) is 19.2 Å². The van der Waals surface area contributed by atoms with Gasteiger partial charge in [0.25, 0.3) is 5.91 Å². The van der Waals surface area contributed by atoms with Crippen molar-refractivity contribution in [1.29, 1.82) is 0 Å². The van der Waals surface area contributed by atoms with Gasteiger partial charge in [0.15, 0.2) is 0 Å². The molecule has 26 heavy (non-hydrogen) atoms. The molecular formula is C20H30N2O4. The molecule has 1 aromatic carbocycles. The third kappa shape index (κ3) is 7.59. The molecule has 0 aliphatic carbocycles. The van der Waals surface area contributed by atoms with Crippen LogP contribution in [0.2, 0.25) is 0 Å². The summed E-state index contributed by atoms with van der Waals surface area (Å²) in [5.74, 6) is -0.100. The van der Waals surface area contributed by atoms with E-state index in [0.717, 1.165) is 10.5 Å². The van der Waals surface area contributed by atoms with Crippen molar-refractivity contribution in [2.45, 2.75) is 59.8 Å². The molecule has 1 heterocycles. The number of amides is 4. The van der Waals surface area contributed by atoms with Crippen molar-refractivity contribution in [3.05, 3.63) is 34.9 Å². The van der Waals surface area contributed by atoms with Gasteiger partial charge in [-0.1, -0.05) is 39.8 Å². The fourth-order valence-corrected chi connectivity index (χ4v) is 2.21. The molecule has 1 saturated heterocycles. The van der Waals surface area contributed by atoms with E-state index in [1.54, 1.807) is 6.07 Å². The van der Waals surface area contributed by atoms with Crippen molar-refractivity contribution in [3.63, 3.8) is 0 Å². The Labute approximate surface area is 156 Å². The lowest BCUT2D eigenvalue weighted by Gasteiger charge is -2.13. The number of imide groups is 2. The number of rotatable bonds is 3. The summed E-state index contributed by atoms with van der Waals surface area (Å²) < 4.78 is 0. The molecule has 1 N–H and O–H groups in total. The van der Waals surface area contributed by atoms with Gasteiger partial charge in [0, 0.05) is 25.5 Å². The smallest absolute Gasteiger partial charge is 0.260 e. The zero-order valence-electron chi connectivity index (χ0n) is 16.6. The Kier molecular flexibility index (Phi) is 10.8. The van der Waals surface area contributed by atoms with Gasteiger partial charge in [0.1, 0.15) is 0 Å². The van der Waals surface area contributed by atoms with Gasteiger partial charge >= 0.3 is 0 Å². The van der Waals surface area contributed by atoms with E-state index in [-0.39, 0.29) is 17.7 Å². The first-order valence-corrected chi connectivity index (χ1v) is 8.92. The van der Waals surface area contributed by atoms with Gasteiger partial charge in [-0.2, -0.15) is 0 Å². The second-order valence-electron chi connectivity index (χ2n) is 6.08. The average Bonchev–Trinajstić information content (AvgIpc) is 2.62. The zero-order valence-corrected chi connectivity index (χ0v) is 16.6. The Bertz CT molecular complexity index is 625. The van der Waals surface area contributed by atoms with Crippen LogP contribution in [0.3, 0.4) is 0 Å². The maximum atomic E-state index is 11.8. The molecule has 1 aromatic rings. The van der Waals surface area contributed by atoms with Crippen LogP contribution in [0.15, 0.2) is 18.2 Å². The molecule has 4 amide bonds. The molecule has 1 aliphatic heterocycles. The first-order valence-electron chi connectivity index (χ1n) is 8.92. The van der Waals surface area contributed by atoms with Crippen LogP contribution in [0.4, 0.5) is 0 Å². The maximum Gasteiger partial charge on any atom is 0.260 e. The summed E-state index contributed by atoms with van der Waals surface area (Å²) in [7, 11) is 1.46. The van der Waals surface area contributed by atoms with Crippen molar-refractivity contribution in [2.75, 3.05) is 7.05 Å². The van der Waals surface area contributed by atoms with Crippen LogP contribution in [-0.2, 0) is 14.4 Å². The van der Waals surface area contributed by atoms with E-state index >= 15 is 0 Å². The number of nitrogens with one attached hydrogen (secondary N) is 1. The van der Waals surface area contributed by atoms with Gasteiger partial charge in [0.05, 0.1) is 0 Å². The minimum atomic E-state index is -0.261. The summed E-state index contributed by atoms with van der Waals surface area (Å²) in [4.78, 5) is 44.0. The highest BCUT2D eigenvalue weighted by Crippen LogP contribution is 2.19. The molecule has 6 nitrogen and oxygen atoms in total. The predicted molar refractivity (Wildman–Crippen MR) is 102 cm³/mol. The number of benzene rings is 1. The molecular weight excluding hydrogens is 332 g/mol. The van der Waals surface area contributed by atoms with Crippen LogP contribution < -0.4 is 5.32 Å². The minimum Gasteiger partial charge on any atom is -0.296 e. The van der Waals surface area contributed by atoms with Crippen LogP contribution in [0.5, 0.6) is 0 Å². The van der Waals surface area contributed by atoms with E-state index in [1.165, 1.54) is 12.6 Å². The summed E-state index contributed by atoms with van der Waals surface area (Å²) in [5.41, 5.74) is 2.69. The standard InChI is InChI=1S/C13H17NO2.C5H7NO2.C2H6/c1-9(2)11-5-6-12(10(3)7-11)13(16)14(4)8-15;7-4-2-1-3-5(8)6-4;1-2/h5-9H,1-4H3;1-3H2,(H,6,7,8);1-2H3. The second kappa shape index (κ2) is 12.0. The molecule has 2 rings (SSSR count). The van der Waals surface area contributed by atoms with E-state index in [9.17, 15) is 19.2 Å². The van der Waals surface area contributed by atoms with Gasteiger partial charge in [-0.15, -0.1) is 0 Å². The van der Waals surface area contributed by atoms with Crippen LogP contribution in [0.1, 0.15) is 74.4 Å². The summed E-state index contributed by atoms with van der Waals surface area (Å²) in [6.07, 6.45) is 2.25. The SMILES string of the molecule is CC.Cc1cc(C(C)C)ccc1C(=O)N(C)C=O.O=C1CCCC(=O)N1. The highest BCUT2D eigenvalue weighted by atomic mass is 16.2. The van der Waals surface area contributed by atoms with Gasteiger partial charge < -0.3 is 0 Å². The van der Waals surface area contributed by atoms with Crippen molar-refractivity contribution >= 4 is 24.1 Å². The van der Waals surface area contributed by atoms with Crippen LogP contribution in [-0.4, -0.2) is 36.1 Å². The fraction of sp³-hybridized carbons (Fsp3) is 0.500. The molecule has 0 bridgehead atoms. The Morgan fingerprint density at radius 2 is 1.69 bits per heavy atom. The Balaban J connectivity index is 0.000000522. The van der Waals surface area contributed by atoms with E-state index in [0.29, 0.717) is 37.2 Å². The lowest BCUT2D eigenvalue weighted by molar-refractivity contribution is -0.133. The third-order valence-electron chi connectivity index (χ3n) is 3.71. The largest absolute Gasteiger partial charge is 0.296 e. The molecule has 144 valence electrons. The molecule has 0 saturated carbocycles. The number of piperidine rings is 1. The molecule has 0 aromatic heterocycles. The van der Waals surface area contributed by atoms with E-state index < -0.39 is 0 Å². The zero-order chi connectivity index (χ0) is 20.3. The first kappa shape index (κ1) is 23.5. The molecule has 0 unspecified atom stereocenters. The number of aryl methyl sites for hydroxylation is 1. The number of hydrogen-bond donors (Lipinski definition) is 1. The first-order chi connectivity index (χ1) is 12.3. The highest BCUT2D eigenvalue weighted by Gasteiger charge is 2.14. The lowest BCUT2D eigenvalue weighted by Crippen LogP contribution is -2.33. The number of hydrogen-bond acceptors (Lipinski definition) is 4. The number of carbonyl (C=O) groups excluding carboxylic acids is 4. The molecule has 1 aliphatic rings. The summed E-state index contributed by atoms with van der Waals surface area (Å²) in [6.45, 7) is 10.1. The highest BCUT2D eigenvalue weighted by molar-refractivity contribution is 6.00. The Morgan fingerprint density at radius 1 is 1.15 bits per heavy atom. The minimum absolute atomic E-state index is 0.138. The van der Waals surface area contributed by atoms with Crippen LogP contribution >= 0.6 is 0 Å². The lowest BCUT2D eigenvalue weighted by atomic mass is 9.97. The van der Waals surface area contributed by atoms with Gasteiger partial charge in [0.2, 0.25) is 18.2 Å². The summed E-state index contributed by atoms with van der Waals surface area (Å²) >= 11 is 0. The topological polar surface area (TPSA) is 83.6 Å². The molecule has 6 heteroatoms. The molecule has 0 radical (unpaired) electrons. The van der Waals surface area contributed by atoms with Crippen LogP contribution in [0.25, 0.3) is 0 Å². The molecule has 1 fully saturated rings. The van der Waals surface area contributed by atoms with Gasteiger partial charge in [-0.3, -0.25) is 29.4 Å². The summed E-state index contributed by atoms with van der Waals surface area (Å²) in [5, 5.41) is 2.20. The average molecular weight is 362 g/mol. The quantitative estimate of drug-likeness (QED) is 0.661. The number of carbonyl (C=O) groups is 4.